The zero-order valence-corrected chi connectivity index (χ0v) is 13.7. The number of alkyl halides is 3. The predicted octanol–water partition coefficient (Wildman–Crippen LogP) is 2.53. The van der Waals surface area contributed by atoms with Crippen molar-refractivity contribution in [3.63, 3.8) is 0 Å². The third-order valence-electron chi connectivity index (χ3n) is 4.82. The average Bonchev–Trinajstić information content (AvgIpc) is 2.96. The van der Waals surface area contributed by atoms with E-state index in [1.165, 1.54) is 11.0 Å². The zero-order valence-electron chi connectivity index (χ0n) is 13.7. The molecule has 2 heterocycles. The largest absolute Gasteiger partial charge is 0.416 e. The fourth-order valence-corrected chi connectivity index (χ4v) is 3.45. The van der Waals surface area contributed by atoms with Crippen LogP contribution in [0.3, 0.4) is 0 Å². The maximum absolute atomic E-state index is 13.1. The van der Waals surface area contributed by atoms with Crippen LogP contribution in [0.5, 0.6) is 0 Å². The van der Waals surface area contributed by atoms with Crippen LogP contribution >= 0.6 is 0 Å². The van der Waals surface area contributed by atoms with Gasteiger partial charge in [0.15, 0.2) is 0 Å². The normalized spacial score (nSPS) is 21.7. The molecule has 136 valence electrons. The number of anilines is 2. The fourth-order valence-electron chi connectivity index (χ4n) is 3.45. The first-order chi connectivity index (χ1) is 11.8. The lowest BCUT2D eigenvalue weighted by molar-refractivity contribution is -0.137. The van der Waals surface area contributed by atoms with Gasteiger partial charge in [0.2, 0.25) is 11.8 Å². The van der Waals surface area contributed by atoms with E-state index in [0.29, 0.717) is 5.69 Å². The van der Waals surface area contributed by atoms with Gasteiger partial charge in [0.25, 0.3) is 0 Å². The number of piperidine rings is 1. The second-order valence-electron chi connectivity index (χ2n) is 6.56. The van der Waals surface area contributed by atoms with Crippen LogP contribution in [0.15, 0.2) is 18.2 Å². The van der Waals surface area contributed by atoms with Crippen LogP contribution in [0.1, 0.15) is 31.2 Å². The lowest BCUT2D eigenvalue weighted by Crippen LogP contribution is -2.34. The monoisotopic (exact) mass is 355 g/mol. The number of carbonyl (C=O) groups is 2. The highest BCUT2D eigenvalue weighted by Gasteiger charge is 2.38. The number of nitrogens with two attached hydrogens (primary N) is 1. The lowest BCUT2D eigenvalue weighted by atomic mass is 10.1. The summed E-state index contributed by atoms with van der Waals surface area (Å²) in [6.45, 7) is 1.50. The van der Waals surface area contributed by atoms with E-state index >= 15 is 0 Å². The molecule has 2 aliphatic rings. The first kappa shape index (κ1) is 17.6. The molecule has 1 unspecified atom stereocenters. The van der Waals surface area contributed by atoms with Crippen molar-refractivity contribution in [1.82, 2.24) is 0 Å². The van der Waals surface area contributed by atoms with E-state index in [0.717, 1.165) is 44.5 Å². The molecular weight excluding hydrogens is 335 g/mol. The van der Waals surface area contributed by atoms with Crippen LogP contribution in [0, 0.1) is 5.92 Å². The summed E-state index contributed by atoms with van der Waals surface area (Å²) in [6, 6.07) is 3.47. The third-order valence-corrected chi connectivity index (χ3v) is 4.82. The number of benzene rings is 1. The second-order valence-corrected chi connectivity index (χ2v) is 6.56. The van der Waals surface area contributed by atoms with Crippen molar-refractivity contribution in [2.75, 3.05) is 29.4 Å². The Morgan fingerprint density at radius 1 is 1.12 bits per heavy atom. The first-order valence-corrected chi connectivity index (χ1v) is 8.33. The number of rotatable bonds is 3. The van der Waals surface area contributed by atoms with Gasteiger partial charge in [-0.2, -0.15) is 13.2 Å². The lowest BCUT2D eigenvalue weighted by Gasteiger charge is -2.33. The number of carbonyl (C=O) groups excluding carboxylic acids is 2. The molecule has 2 N–H and O–H groups in total. The van der Waals surface area contributed by atoms with E-state index in [4.69, 9.17) is 5.73 Å². The minimum Gasteiger partial charge on any atom is -0.370 e. The van der Waals surface area contributed by atoms with E-state index in [9.17, 15) is 22.8 Å². The van der Waals surface area contributed by atoms with Gasteiger partial charge in [0, 0.05) is 26.1 Å². The molecule has 2 fully saturated rings. The van der Waals surface area contributed by atoms with Crippen LogP contribution < -0.4 is 15.5 Å². The summed E-state index contributed by atoms with van der Waals surface area (Å²) >= 11 is 0. The van der Waals surface area contributed by atoms with Gasteiger partial charge in [-0.15, -0.1) is 0 Å². The summed E-state index contributed by atoms with van der Waals surface area (Å²) in [5, 5.41) is 0. The molecule has 3 rings (SSSR count). The van der Waals surface area contributed by atoms with E-state index in [1.807, 2.05) is 4.90 Å². The Kier molecular flexibility index (Phi) is 4.62. The first-order valence-electron chi connectivity index (χ1n) is 8.33. The molecule has 2 saturated heterocycles. The van der Waals surface area contributed by atoms with Crippen LogP contribution in [0.4, 0.5) is 24.5 Å². The number of hydrogen-bond acceptors (Lipinski definition) is 3. The van der Waals surface area contributed by atoms with Gasteiger partial charge >= 0.3 is 6.18 Å². The molecule has 0 aliphatic carbocycles. The summed E-state index contributed by atoms with van der Waals surface area (Å²) in [6.07, 6.45) is -1.57. The Hall–Kier alpha value is -2.25. The quantitative estimate of drug-likeness (QED) is 0.906. The molecule has 0 radical (unpaired) electrons. The van der Waals surface area contributed by atoms with Crippen molar-refractivity contribution < 1.29 is 22.8 Å². The van der Waals surface area contributed by atoms with Gasteiger partial charge in [-0.3, -0.25) is 9.59 Å². The average molecular weight is 355 g/mol. The maximum Gasteiger partial charge on any atom is 0.416 e. The number of hydrogen-bond donors (Lipinski definition) is 1. The van der Waals surface area contributed by atoms with Crippen molar-refractivity contribution in [1.29, 1.82) is 0 Å². The van der Waals surface area contributed by atoms with Crippen molar-refractivity contribution in [2.24, 2.45) is 11.7 Å². The number of halogens is 3. The predicted molar refractivity (Wildman–Crippen MR) is 87.2 cm³/mol. The standard InChI is InChI=1S/C17H20F3N3O2/c18-17(19,20)12-4-5-13(22-6-2-1-3-7-22)14(9-12)23-10-11(16(21)25)8-15(23)24/h4-5,9,11H,1-3,6-8,10H2,(H2,21,25). The Morgan fingerprint density at radius 2 is 1.80 bits per heavy atom. The number of amides is 2. The molecule has 0 aromatic heterocycles. The van der Waals surface area contributed by atoms with E-state index in [1.54, 1.807) is 0 Å². The van der Waals surface area contributed by atoms with E-state index < -0.39 is 23.6 Å². The fraction of sp³-hybridized carbons (Fsp3) is 0.529. The Balaban J connectivity index is 2.01. The molecule has 1 aromatic carbocycles. The summed E-state index contributed by atoms with van der Waals surface area (Å²) in [5.41, 5.74) is 5.28. The van der Waals surface area contributed by atoms with Crippen LogP contribution in [0.25, 0.3) is 0 Å². The Labute approximate surface area is 143 Å². The number of nitrogens with zero attached hydrogens (tertiary/aromatic N) is 2. The molecule has 25 heavy (non-hydrogen) atoms. The Morgan fingerprint density at radius 3 is 2.36 bits per heavy atom. The van der Waals surface area contributed by atoms with Crippen molar-refractivity contribution in [2.45, 2.75) is 31.9 Å². The molecule has 0 saturated carbocycles. The molecule has 1 aromatic rings. The topological polar surface area (TPSA) is 66.6 Å². The SMILES string of the molecule is NC(=O)C1CC(=O)N(c2cc(C(F)(F)F)ccc2N2CCCCC2)C1. The molecule has 1 atom stereocenters. The third kappa shape index (κ3) is 3.57. The van der Waals surface area contributed by atoms with Gasteiger partial charge in [-0.05, 0) is 37.5 Å². The highest BCUT2D eigenvalue weighted by molar-refractivity contribution is 6.02. The van der Waals surface area contributed by atoms with Crippen LogP contribution in [-0.4, -0.2) is 31.4 Å². The summed E-state index contributed by atoms with van der Waals surface area (Å²) in [4.78, 5) is 27.0. The highest BCUT2D eigenvalue weighted by atomic mass is 19.4. The molecule has 2 amide bonds. The van der Waals surface area contributed by atoms with Crippen molar-refractivity contribution >= 4 is 23.2 Å². The minimum absolute atomic E-state index is 0.0241. The minimum atomic E-state index is -4.50. The Bertz CT molecular complexity index is 684. The summed E-state index contributed by atoms with van der Waals surface area (Å²) in [5.74, 6) is -1.65. The van der Waals surface area contributed by atoms with E-state index in [2.05, 4.69) is 0 Å². The maximum atomic E-state index is 13.1. The van der Waals surface area contributed by atoms with Crippen LogP contribution in [-0.2, 0) is 15.8 Å². The van der Waals surface area contributed by atoms with Crippen molar-refractivity contribution in [3.05, 3.63) is 23.8 Å². The molecular formula is C17H20F3N3O2. The molecule has 2 aliphatic heterocycles. The highest BCUT2D eigenvalue weighted by Crippen LogP contribution is 2.40. The molecule has 0 spiro atoms. The van der Waals surface area contributed by atoms with E-state index in [-0.39, 0.29) is 24.6 Å². The van der Waals surface area contributed by atoms with Crippen LogP contribution in [0.2, 0.25) is 0 Å². The number of primary amides is 1. The zero-order chi connectivity index (χ0) is 18.2. The van der Waals surface area contributed by atoms with Gasteiger partial charge in [-0.1, -0.05) is 0 Å². The molecule has 8 heteroatoms. The van der Waals surface area contributed by atoms with Crippen molar-refractivity contribution in [3.8, 4) is 0 Å². The summed E-state index contributed by atoms with van der Waals surface area (Å²) in [7, 11) is 0. The van der Waals surface area contributed by atoms with Gasteiger partial charge in [0.1, 0.15) is 0 Å². The van der Waals surface area contributed by atoms with Gasteiger partial charge in [0.05, 0.1) is 22.9 Å². The molecule has 5 nitrogen and oxygen atoms in total. The van der Waals surface area contributed by atoms with Gasteiger partial charge in [-0.25, -0.2) is 0 Å². The smallest absolute Gasteiger partial charge is 0.370 e. The van der Waals surface area contributed by atoms with Gasteiger partial charge < -0.3 is 15.5 Å². The second kappa shape index (κ2) is 6.57. The molecule has 0 bridgehead atoms. The summed E-state index contributed by atoms with van der Waals surface area (Å²) < 4.78 is 39.4.